The smallest absolute Gasteiger partial charge is 0.0324 e. The van der Waals surface area contributed by atoms with Crippen LogP contribution in [0.25, 0.3) is 0 Å². The van der Waals surface area contributed by atoms with Crippen LogP contribution in [0.3, 0.4) is 0 Å². The van der Waals surface area contributed by atoms with E-state index in [4.69, 9.17) is 0 Å². The topological polar surface area (TPSA) is 0 Å². The van der Waals surface area contributed by atoms with E-state index < -0.39 is 0 Å². The van der Waals surface area contributed by atoms with E-state index in [9.17, 15) is 0 Å². The van der Waals surface area contributed by atoms with Crippen LogP contribution in [0.1, 0.15) is 105 Å². The lowest BCUT2D eigenvalue weighted by Crippen LogP contribution is -2.10. The second-order valence-corrected chi connectivity index (χ2v) is 6.25. The SMILES string of the molecule is CCCCCCC([CH]C(CCCC)CCCC)CC. The van der Waals surface area contributed by atoms with Gasteiger partial charge in [-0.25, -0.2) is 0 Å². The molecule has 1 atom stereocenters. The number of unbranched alkanes of at least 4 members (excludes halogenated alkanes) is 5. The minimum Gasteiger partial charge on any atom is -0.0654 e. The van der Waals surface area contributed by atoms with Crippen molar-refractivity contribution in [2.24, 2.45) is 11.8 Å². The van der Waals surface area contributed by atoms with Gasteiger partial charge < -0.3 is 0 Å². The van der Waals surface area contributed by atoms with Crippen LogP contribution >= 0.6 is 0 Å². The highest BCUT2D eigenvalue weighted by atomic mass is 14.2. The molecule has 115 valence electrons. The Morgan fingerprint density at radius 2 is 1.11 bits per heavy atom. The number of hydrogen-bond donors (Lipinski definition) is 0. The summed E-state index contributed by atoms with van der Waals surface area (Å²) < 4.78 is 0. The zero-order valence-corrected chi connectivity index (χ0v) is 14.2. The average Bonchev–Trinajstić information content (AvgIpc) is 2.44. The summed E-state index contributed by atoms with van der Waals surface area (Å²) in [5.41, 5.74) is 0. The summed E-state index contributed by atoms with van der Waals surface area (Å²) in [6.07, 6.45) is 19.6. The van der Waals surface area contributed by atoms with E-state index in [1.54, 1.807) is 0 Å². The molecule has 0 heteroatoms. The van der Waals surface area contributed by atoms with Crippen molar-refractivity contribution in [2.45, 2.75) is 105 Å². The van der Waals surface area contributed by atoms with Crippen molar-refractivity contribution in [3.8, 4) is 0 Å². The van der Waals surface area contributed by atoms with Crippen LogP contribution in [0.15, 0.2) is 0 Å². The standard InChI is InChI=1S/C19H39/c1-5-9-12-13-16-18(8-4)17-19(14-10-6-2)15-11-7-3/h17-19H,5-16H2,1-4H3. The minimum absolute atomic E-state index is 0.885. The van der Waals surface area contributed by atoms with Crippen LogP contribution in [0.2, 0.25) is 0 Å². The lowest BCUT2D eigenvalue weighted by atomic mass is 9.83. The zero-order valence-electron chi connectivity index (χ0n) is 14.2. The molecule has 0 spiro atoms. The van der Waals surface area contributed by atoms with Gasteiger partial charge in [0.05, 0.1) is 0 Å². The van der Waals surface area contributed by atoms with Gasteiger partial charge in [0.1, 0.15) is 0 Å². The molecule has 0 amide bonds. The summed E-state index contributed by atoms with van der Waals surface area (Å²) in [4.78, 5) is 0. The zero-order chi connectivity index (χ0) is 14.3. The first-order valence-corrected chi connectivity index (χ1v) is 9.13. The molecule has 1 radical (unpaired) electrons. The summed E-state index contributed by atoms with van der Waals surface area (Å²) in [5, 5.41) is 0. The van der Waals surface area contributed by atoms with Gasteiger partial charge in [-0.05, 0) is 18.3 Å². The molecule has 0 aromatic carbocycles. The van der Waals surface area contributed by atoms with Crippen LogP contribution in [-0.2, 0) is 0 Å². The van der Waals surface area contributed by atoms with E-state index >= 15 is 0 Å². The molecule has 0 aliphatic carbocycles. The molecule has 0 N–H and O–H groups in total. The highest BCUT2D eigenvalue weighted by Crippen LogP contribution is 2.27. The summed E-state index contributed by atoms with van der Waals surface area (Å²) >= 11 is 0. The molecule has 19 heavy (non-hydrogen) atoms. The fourth-order valence-electron chi connectivity index (χ4n) is 2.92. The Kier molecular flexibility index (Phi) is 14.4. The van der Waals surface area contributed by atoms with E-state index in [1.165, 1.54) is 77.0 Å². The lowest BCUT2D eigenvalue weighted by Gasteiger charge is -2.22. The van der Waals surface area contributed by atoms with Gasteiger partial charge in [-0.1, -0.05) is 105 Å². The Hall–Kier alpha value is 0. The lowest BCUT2D eigenvalue weighted by molar-refractivity contribution is 0.388. The van der Waals surface area contributed by atoms with Crippen molar-refractivity contribution in [1.82, 2.24) is 0 Å². The molecule has 0 aliphatic heterocycles. The maximum Gasteiger partial charge on any atom is -0.0324 e. The Labute approximate surface area is 123 Å². The summed E-state index contributed by atoms with van der Waals surface area (Å²) in [5.74, 6) is 1.78. The molecule has 0 aromatic rings. The van der Waals surface area contributed by atoms with E-state index in [-0.39, 0.29) is 0 Å². The maximum absolute atomic E-state index is 2.73. The van der Waals surface area contributed by atoms with Crippen molar-refractivity contribution < 1.29 is 0 Å². The first kappa shape index (κ1) is 19.0. The molecule has 0 fully saturated rings. The Morgan fingerprint density at radius 1 is 0.579 bits per heavy atom. The molecule has 0 heterocycles. The summed E-state index contributed by atoms with van der Waals surface area (Å²) in [7, 11) is 0. The Balaban J connectivity index is 3.95. The van der Waals surface area contributed by atoms with Gasteiger partial charge in [0.2, 0.25) is 0 Å². The van der Waals surface area contributed by atoms with Crippen molar-refractivity contribution >= 4 is 0 Å². The largest absolute Gasteiger partial charge is 0.0654 e. The average molecular weight is 268 g/mol. The van der Waals surface area contributed by atoms with Crippen molar-refractivity contribution in [3.05, 3.63) is 6.42 Å². The molecule has 0 nitrogen and oxygen atoms in total. The highest BCUT2D eigenvalue weighted by Gasteiger charge is 2.15. The minimum atomic E-state index is 0.885. The van der Waals surface area contributed by atoms with Crippen molar-refractivity contribution in [2.75, 3.05) is 0 Å². The predicted octanol–water partition coefficient (Wildman–Crippen LogP) is 7.18. The van der Waals surface area contributed by atoms with Gasteiger partial charge >= 0.3 is 0 Å². The van der Waals surface area contributed by atoms with Gasteiger partial charge in [-0.3, -0.25) is 0 Å². The fraction of sp³-hybridized carbons (Fsp3) is 0.947. The molecule has 0 aliphatic rings. The Bertz CT molecular complexity index is 153. The van der Waals surface area contributed by atoms with Crippen LogP contribution < -0.4 is 0 Å². The van der Waals surface area contributed by atoms with E-state index in [0.29, 0.717) is 0 Å². The van der Waals surface area contributed by atoms with Crippen LogP contribution in [0, 0.1) is 18.3 Å². The normalized spacial score (nSPS) is 13.1. The van der Waals surface area contributed by atoms with E-state index in [0.717, 1.165) is 11.8 Å². The number of rotatable bonds is 14. The van der Waals surface area contributed by atoms with Gasteiger partial charge in [-0.2, -0.15) is 0 Å². The molecule has 0 saturated carbocycles. The van der Waals surface area contributed by atoms with E-state index in [2.05, 4.69) is 34.1 Å². The van der Waals surface area contributed by atoms with Crippen LogP contribution in [0.4, 0.5) is 0 Å². The molecular weight excluding hydrogens is 228 g/mol. The quantitative estimate of drug-likeness (QED) is 0.292. The molecule has 0 saturated heterocycles. The third-order valence-corrected chi connectivity index (χ3v) is 4.35. The summed E-state index contributed by atoms with van der Waals surface area (Å²) in [6.45, 7) is 9.31. The van der Waals surface area contributed by atoms with Gasteiger partial charge in [0, 0.05) is 0 Å². The number of hydrogen-bond acceptors (Lipinski definition) is 0. The maximum atomic E-state index is 2.73. The fourth-order valence-corrected chi connectivity index (χ4v) is 2.92. The van der Waals surface area contributed by atoms with Gasteiger partial charge in [0.25, 0.3) is 0 Å². The second kappa shape index (κ2) is 14.4. The van der Waals surface area contributed by atoms with Crippen molar-refractivity contribution in [3.63, 3.8) is 0 Å². The highest BCUT2D eigenvalue weighted by molar-refractivity contribution is 4.83. The monoisotopic (exact) mass is 267 g/mol. The molecule has 0 bridgehead atoms. The molecular formula is C19H39. The molecule has 0 aromatic heterocycles. The molecule has 0 rings (SSSR count). The van der Waals surface area contributed by atoms with Gasteiger partial charge in [0.15, 0.2) is 0 Å². The third kappa shape index (κ3) is 11.5. The Morgan fingerprint density at radius 3 is 1.58 bits per heavy atom. The first-order valence-electron chi connectivity index (χ1n) is 9.13. The first-order chi connectivity index (χ1) is 9.28. The van der Waals surface area contributed by atoms with E-state index in [1.807, 2.05) is 0 Å². The third-order valence-electron chi connectivity index (χ3n) is 4.35. The second-order valence-electron chi connectivity index (χ2n) is 6.25. The molecule has 1 unspecified atom stereocenters. The van der Waals surface area contributed by atoms with Gasteiger partial charge in [-0.15, -0.1) is 0 Å². The van der Waals surface area contributed by atoms with Crippen LogP contribution in [0.5, 0.6) is 0 Å². The predicted molar refractivity (Wildman–Crippen MR) is 89.4 cm³/mol. The van der Waals surface area contributed by atoms with Crippen LogP contribution in [-0.4, -0.2) is 0 Å². The van der Waals surface area contributed by atoms with Crippen molar-refractivity contribution in [1.29, 1.82) is 0 Å². The summed E-state index contributed by atoms with van der Waals surface area (Å²) in [6, 6.07) is 0.